The molecule has 0 spiro atoms. The van der Waals surface area contributed by atoms with Crippen LogP contribution in [-0.4, -0.2) is 31.3 Å². The highest BCUT2D eigenvalue weighted by atomic mass is 32.2. The van der Waals surface area contributed by atoms with E-state index in [2.05, 4.69) is 26.7 Å². The second-order valence-electron chi connectivity index (χ2n) is 6.59. The van der Waals surface area contributed by atoms with Crippen molar-refractivity contribution in [2.75, 3.05) is 7.11 Å². The van der Waals surface area contributed by atoms with Gasteiger partial charge in [0, 0.05) is 30.1 Å². The molecule has 4 rings (SSSR count). The van der Waals surface area contributed by atoms with E-state index in [4.69, 9.17) is 4.74 Å². The summed E-state index contributed by atoms with van der Waals surface area (Å²) in [5, 5.41) is 9.51. The highest BCUT2D eigenvalue weighted by Crippen LogP contribution is 2.27. The highest BCUT2D eigenvalue weighted by molar-refractivity contribution is 7.98. The Morgan fingerprint density at radius 3 is 2.62 bits per heavy atom. The lowest BCUT2D eigenvalue weighted by atomic mass is 10.2. The molecule has 0 unspecified atom stereocenters. The van der Waals surface area contributed by atoms with Crippen LogP contribution in [0.4, 0.5) is 0 Å². The van der Waals surface area contributed by atoms with Crippen molar-refractivity contribution in [1.29, 1.82) is 0 Å². The van der Waals surface area contributed by atoms with Crippen LogP contribution in [0.2, 0.25) is 0 Å². The van der Waals surface area contributed by atoms with Gasteiger partial charge in [-0.25, -0.2) is 4.98 Å². The second-order valence-corrected chi connectivity index (χ2v) is 7.53. The van der Waals surface area contributed by atoms with E-state index in [1.807, 2.05) is 43.3 Å². The van der Waals surface area contributed by atoms with Gasteiger partial charge in [-0.3, -0.25) is 9.20 Å². The van der Waals surface area contributed by atoms with Gasteiger partial charge in [0.2, 0.25) is 0 Å². The minimum Gasteiger partial charge on any atom is -0.497 e. The zero-order valence-electron chi connectivity index (χ0n) is 16.5. The summed E-state index contributed by atoms with van der Waals surface area (Å²) in [6, 6.07) is 13.1. The molecular formula is C21H21N5O2S. The molecule has 0 N–H and O–H groups in total. The predicted molar refractivity (Wildman–Crippen MR) is 113 cm³/mol. The molecule has 0 saturated carbocycles. The fourth-order valence-electron chi connectivity index (χ4n) is 3.10. The molecule has 4 aromatic rings. The van der Waals surface area contributed by atoms with E-state index in [1.54, 1.807) is 23.8 Å². The number of ether oxygens (including phenoxy) is 1. The first-order chi connectivity index (χ1) is 14.1. The number of rotatable bonds is 6. The highest BCUT2D eigenvalue weighted by Gasteiger charge is 2.14. The molecule has 8 heteroatoms. The van der Waals surface area contributed by atoms with Gasteiger partial charge in [0.1, 0.15) is 11.4 Å². The molecule has 1 aromatic carbocycles. The van der Waals surface area contributed by atoms with Crippen LogP contribution in [0.15, 0.2) is 58.6 Å². The molecule has 0 aliphatic rings. The maximum absolute atomic E-state index is 12.4. The van der Waals surface area contributed by atoms with Gasteiger partial charge in [0.25, 0.3) is 5.56 Å². The fraction of sp³-hybridized carbons (Fsp3) is 0.238. The maximum Gasteiger partial charge on any atom is 0.258 e. The Balaban J connectivity index is 1.58. The molecule has 3 heterocycles. The van der Waals surface area contributed by atoms with Crippen molar-refractivity contribution in [3.8, 4) is 17.1 Å². The van der Waals surface area contributed by atoms with E-state index in [1.165, 1.54) is 11.8 Å². The molecule has 0 amide bonds. The van der Waals surface area contributed by atoms with Crippen LogP contribution >= 0.6 is 11.8 Å². The molecule has 3 aromatic heterocycles. The molecule has 0 radical (unpaired) electrons. The van der Waals surface area contributed by atoms with Gasteiger partial charge in [-0.15, -0.1) is 10.2 Å². The summed E-state index contributed by atoms with van der Waals surface area (Å²) in [5.41, 5.74) is 3.29. The first-order valence-electron chi connectivity index (χ1n) is 9.28. The molecule has 0 saturated heterocycles. The average Bonchev–Trinajstić information content (AvgIpc) is 3.15. The summed E-state index contributed by atoms with van der Waals surface area (Å²) in [5.74, 6) is 2.15. The molecular weight excluding hydrogens is 386 g/mol. The SMILES string of the molecule is CCn1c(SCc2cc(=O)n3cc(C)ccc3n2)nnc1-c1ccc(OC)cc1. The predicted octanol–water partition coefficient (Wildman–Crippen LogP) is 3.58. The van der Waals surface area contributed by atoms with Gasteiger partial charge in [-0.2, -0.15) is 0 Å². The van der Waals surface area contributed by atoms with Crippen molar-refractivity contribution in [3.63, 3.8) is 0 Å². The first-order valence-corrected chi connectivity index (χ1v) is 10.3. The third kappa shape index (κ3) is 3.88. The summed E-state index contributed by atoms with van der Waals surface area (Å²) < 4.78 is 8.85. The first kappa shape index (κ1) is 19.2. The number of fused-ring (bicyclic) bond motifs is 1. The minimum absolute atomic E-state index is 0.0785. The molecule has 0 fully saturated rings. The Morgan fingerprint density at radius 2 is 1.90 bits per heavy atom. The van der Waals surface area contributed by atoms with Crippen molar-refractivity contribution in [3.05, 3.63) is 70.3 Å². The van der Waals surface area contributed by atoms with Crippen LogP contribution in [0.25, 0.3) is 17.0 Å². The van der Waals surface area contributed by atoms with Crippen LogP contribution in [0.5, 0.6) is 5.75 Å². The fourth-order valence-corrected chi connectivity index (χ4v) is 4.00. The lowest BCUT2D eigenvalue weighted by Gasteiger charge is -2.08. The van der Waals surface area contributed by atoms with Gasteiger partial charge >= 0.3 is 0 Å². The number of nitrogens with zero attached hydrogens (tertiary/aromatic N) is 5. The van der Waals surface area contributed by atoms with Crippen LogP contribution in [-0.2, 0) is 12.3 Å². The Morgan fingerprint density at radius 1 is 1.10 bits per heavy atom. The van der Waals surface area contributed by atoms with Crippen LogP contribution in [0.1, 0.15) is 18.2 Å². The van der Waals surface area contributed by atoms with Crippen molar-refractivity contribution in [2.24, 2.45) is 0 Å². The van der Waals surface area contributed by atoms with E-state index in [0.717, 1.165) is 40.1 Å². The lowest BCUT2D eigenvalue weighted by Crippen LogP contribution is -2.15. The van der Waals surface area contributed by atoms with E-state index in [-0.39, 0.29) is 5.56 Å². The molecule has 0 atom stereocenters. The summed E-state index contributed by atoms with van der Waals surface area (Å²) in [6.45, 7) is 4.75. The third-order valence-corrected chi connectivity index (χ3v) is 5.59. The maximum atomic E-state index is 12.4. The number of aryl methyl sites for hydroxylation is 1. The number of hydrogen-bond donors (Lipinski definition) is 0. The van der Waals surface area contributed by atoms with Gasteiger partial charge in [0.15, 0.2) is 11.0 Å². The zero-order valence-corrected chi connectivity index (χ0v) is 17.3. The van der Waals surface area contributed by atoms with Gasteiger partial charge in [-0.1, -0.05) is 17.8 Å². The number of hydrogen-bond acceptors (Lipinski definition) is 6. The van der Waals surface area contributed by atoms with Crippen molar-refractivity contribution >= 4 is 17.4 Å². The van der Waals surface area contributed by atoms with Crippen molar-refractivity contribution in [2.45, 2.75) is 31.3 Å². The monoisotopic (exact) mass is 407 g/mol. The Labute approximate surface area is 172 Å². The second kappa shape index (κ2) is 8.08. The smallest absolute Gasteiger partial charge is 0.258 e. The normalized spacial score (nSPS) is 11.1. The van der Waals surface area contributed by atoms with Crippen LogP contribution < -0.4 is 10.3 Å². The van der Waals surface area contributed by atoms with E-state index in [9.17, 15) is 4.79 Å². The van der Waals surface area contributed by atoms with E-state index < -0.39 is 0 Å². The van der Waals surface area contributed by atoms with Crippen molar-refractivity contribution in [1.82, 2.24) is 24.1 Å². The quantitative estimate of drug-likeness (QED) is 0.455. The number of thioether (sulfide) groups is 1. The number of pyridine rings is 1. The topological polar surface area (TPSA) is 74.3 Å². The third-order valence-electron chi connectivity index (χ3n) is 4.59. The Kier molecular flexibility index (Phi) is 5.35. The largest absolute Gasteiger partial charge is 0.497 e. The summed E-state index contributed by atoms with van der Waals surface area (Å²) in [6.07, 6.45) is 1.80. The summed E-state index contributed by atoms with van der Waals surface area (Å²) in [4.78, 5) is 17.0. The minimum atomic E-state index is -0.0785. The van der Waals surface area contributed by atoms with Gasteiger partial charge in [0.05, 0.1) is 12.8 Å². The lowest BCUT2D eigenvalue weighted by molar-refractivity contribution is 0.415. The molecule has 29 heavy (non-hydrogen) atoms. The van der Waals surface area contributed by atoms with Gasteiger partial charge in [-0.05, 0) is 49.7 Å². The van der Waals surface area contributed by atoms with Crippen LogP contribution in [0.3, 0.4) is 0 Å². The molecule has 0 aliphatic heterocycles. The number of methoxy groups -OCH3 is 1. The average molecular weight is 407 g/mol. The molecule has 148 valence electrons. The number of aromatic nitrogens is 5. The molecule has 7 nitrogen and oxygen atoms in total. The zero-order chi connectivity index (χ0) is 20.4. The number of benzene rings is 1. The Bertz CT molecular complexity index is 1210. The van der Waals surface area contributed by atoms with Crippen LogP contribution in [0, 0.1) is 6.92 Å². The summed E-state index contributed by atoms with van der Waals surface area (Å²) in [7, 11) is 1.64. The summed E-state index contributed by atoms with van der Waals surface area (Å²) >= 11 is 1.52. The van der Waals surface area contributed by atoms with E-state index >= 15 is 0 Å². The molecule has 0 aliphatic carbocycles. The molecule has 0 bridgehead atoms. The standard InChI is InChI=1S/C21H21N5O2S/c1-4-25-20(15-6-8-17(28-3)9-7-15)23-24-21(25)29-13-16-11-19(27)26-12-14(2)5-10-18(26)22-16/h5-12H,4,13H2,1-3H3. The Hall–Kier alpha value is -3.13. The van der Waals surface area contributed by atoms with Gasteiger partial charge < -0.3 is 9.30 Å². The van der Waals surface area contributed by atoms with Crippen molar-refractivity contribution < 1.29 is 4.74 Å². The van der Waals surface area contributed by atoms with E-state index in [0.29, 0.717) is 11.4 Å².